The molecule has 4 aromatic rings. The molecule has 0 bridgehead atoms. The van der Waals surface area contributed by atoms with Gasteiger partial charge in [-0.05, 0) is 47.1 Å². The molecule has 0 saturated carbocycles. The number of hydrogen-bond acceptors (Lipinski definition) is 2. The summed E-state index contributed by atoms with van der Waals surface area (Å²) in [6, 6.07) is 35.8. The van der Waals surface area contributed by atoms with Gasteiger partial charge in [0.25, 0.3) is 10.1 Å². The Morgan fingerprint density at radius 3 is 1.61 bits per heavy atom. The highest BCUT2D eigenvalue weighted by Crippen LogP contribution is 2.35. The smallest absolute Gasteiger partial charge is 0.261 e. The van der Waals surface area contributed by atoms with Crippen LogP contribution >= 0.6 is 31.1 Å². The van der Waals surface area contributed by atoms with Crippen LogP contribution in [0.25, 0.3) is 0 Å². The van der Waals surface area contributed by atoms with Crippen LogP contribution in [0.4, 0.5) is 0 Å². The Balaban J connectivity index is 0.000000555. The summed E-state index contributed by atoms with van der Waals surface area (Å²) in [5.41, 5.74) is 2.24. The van der Waals surface area contributed by atoms with Crippen molar-refractivity contribution in [1.82, 2.24) is 0 Å². The first-order valence-electron chi connectivity index (χ1n) is 10.1. The molecule has 1 N–H and O–H groups in total. The predicted octanol–water partition coefficient (Wildman–Crippen LogP) is 5.85. The Bertz CT molecular complexity index is 1230. The molecule has 0 fully saturated rings. The average molecular weight is 517 g/mol. The molecule has 7 heteroatoms. The van der Waals surface area contributed by atoms with E-state index in [1.807, 2.05) is 18.2 Å². The Kier molecular flexibility index (Phi) is 9.08. The fraction of sp³-hybridized carbons (Fsp3) is 0.0769. The summed E-state index contributed by atoms with van der Waals surface area (Å²) in [7, 11) is -4.34. The van der Waals surface area contributed by atoms with Crippen molar-refractivity contribution in [2.24, 2.45) is 0 Å². The van der Waals surface area contributed by atoms with Crippen LogP contribution in [0.1, 0.15) is 11.1 Å². The Morgan fingerprint density at radius 2 is 1.12 bits per heavy atom. The summed E-state index contributed by atoms with van der Waals surface area (Å²) in [6.07, 6.45) is 1.43. The van der Waals surface area contributed by atoms with E-state index < -0.39 is 18.0 Å². The largest absolute Gasteiger partial charge is 0.286 e. The maximum absolute atomic E-state index is 9.19. The fourth-order valence-corrected chi connectivity index (χ4v) is 6.35. The van der Waals surface area contributed by atoms with Crippen molar-refractivity contribution in [1.29, 1.82) is 0 Å². The molecule has 0 heterocycles. The van der Waals surface area contributed by atoms with Gasteiger partial charge in [-0.15, -0.1) is 0 Å². The Labute approximate surface area is 206 Å². The first kappa shape index (κ1) is 25.4. The standard InChI is InChI=1S/C25H19Cl2P.CH4O3S/c26-23-15-9-16-24(27)22(23)18-19-10-7-8-17-25(19)28(20-11-3-1-4-12-20)21-13-5-2-6-14-21;1-5(2,3)4/h1-17H,18H2;1H3,(H,2,3,4). The van der Waals surface area contributed by atoms with E-state index in [9.17, 15) is 8.42 Å². The van der Waals surface area contributed by atoms with Crippen LogP contribution in [-0.2, 0) is 16.5 Å². The normalized spacial score (nSPS) is 11.1. The topological polar surface area (TPSA) is 54.4 Å². The minimum absolute atomic E-state index is 0.668. The summed E-state index contributed by atoms with van der Waals surface area (Å²) in [4.78, 5) is 0. The third kappa shape index (κ3) is 7.67. The summed E-state index contributed by atoms with van der Waals surface area (Å²) >= 11 is 12.9. The molecular formula is C26H23Cl2O3PS. The maximum atomic E-state index is 9.19. The van der Waals surface area contributed by atoms with Gasteiger partial charge in [-0.2, -0.15) is 8.42 Å². The lowest BCUT2D eigenvalue weighted by Gasteiger charge is -2.22. The molecule has 3 nitrogen and oxygen atoms in total. The zero-order valence-corrected chi connectivity index (χ0v) is 21.1. The number of hydrogen-bond donors (Lipinski definition) is 1. The van der Waals surface area contributed by atoms with Gasteiger partial charge in [0.15, 0.2) is 0 Å². The molecule has 0 radical (unpaired) electrons. The van der Waals surface area contributed by atoms with Crippen molar-refractivity contribution in [3.8, 4) is 0 Å². The molecule has 4 aromatic carbocycles. The van der Waals surface area contributed by atoms with Crippen molar-refractivity contribution in [3.05, 3.63) is 124 Å². The van der Waals surface area contributed by atoms with E-state index in [1.165, 1.54) is 21.5 Å². The van der Waals surface area contributed by atoms with Crippen molar-refractivity contribution >= 4 is 57.2 Å². The summed E-state index contributed by atoms with van der Waals surface area (Å²) in [5.74, 6) is 0. The second-order valence-corrected chi connectivity index (χ2v) is 11.7. The van der Waals surface area contributed by atoms with Crippen molar-refractivity contribution in [2.45, 2.75) is 6.42 Å². The second kappa shape index (κ2) is 11.8. The Hall–Kier alpha value is -2.20. The molecule has 170 valence electrons. The van der Waals surface area contributed by atoms with Gasteiger partial charge in [0.05, 0.1) is 6.26 Å². The summed E-state index contributed by atoms with van der Waals surface area (Å²) < 4.78 is 25.9. The highest BCUT2D eigenvalue weighted by Gasteiger charge is 2.20. The molecule has 0 unspecified atom stereocenters. The SMILES string of the molecule is CS(=O)(=O)O.Clc1cccc(Cl)c1Cc1ccccc1P(c1ccccc1)c1ccccc1. The van der Waals surface area contributed by atoms with Crippen LogP contribution < -0.4 is 15.9 Å². The first-order chi connectivity index (χ1) is 15.7. The zero-order valence-electron chi connectivity index (χ0n) is 17.9. The van der Waals surface area contributed by atoms with Gasteiger partial charge in [-0.1, -0.05) is 114 Å². The summed E-state index contributed by atoms with van der Waals surface area (Å²) in [6.45, 7) is 0. The van der Waals surface area contributed by atoms with Crippen molar-refractivity contribution in [3.63, 3.8) is 0 Å². The van der Waals surface area contributed by atoms with Crippen molar-refractivity contribution in [2.75, 3.05) is 6.26 Å². The van der Waals surface area contributed by atoms with E-state index in [1.54, 1.807) is 0 Å². The van der Waals surface area contributed by atoms with Gasteiger partial charge in [-0.25, -0.2) is 0 Å². The van der Waals surface area contributed by atoms with Gasteiger partial charge in [0.1, 0.15) is 0 Å². The van der Waals surface area contributed by atoms with E-state index in [4.69, 9.17) is 27.8 Å². The average Bonchev–Trinajstić information content (AvgIpc) is 2.78. The number of benzene rings is 4. The van der Waals surface area contributed by atoms with Crippen LogP contribution in [0.15, 0.2) is 103 Å². The highest BCUT2D eigenvalue weighted by molar-refractivity contribution is 7.85. The Morgan fingerprint density at radius 1 is 0.697 bits per heavy atom. The van der Waals surface area contributed by atoms with Gasteiger partial charge >= 0.3 is 0 Å². The molecule has 0 amide bonds. The van der Waals surface area contributed by atoms with E-state index in [-0.39, 0.29) is 0 Å². The second-order valence-electron chi connectivity index (χ2n) is 7.25. The fourth-order valence-electron chi connectivity index (χ4n) is 3.35. The van der Waals surface area contributed by atoms with Gasteiger partial charge in [-0.3, -0.25) is 4.55 Å². The first-order valence-corrected chi connectivity index (χ1v) is 14.0. The third-order valence-electron chi connectivity index (χ3n) is 4.69. The monoisotopic (exact) mass is 516 g/mol. The van der Waals surface area contributed by atoms with E-state index in [0.29, 0.717) is 22.7 Å². The minimum atomic E-state index is -3.67. The molecule has 33 heavy (non-hydrogen) atoms. The van der Waals surface area contributed by atoms with Crippen LogP contribution in [0.5, 0.6) is 0 Å². The number of halogens is 2. The molecular weight excluding hydrogens is 494 g/mol. The van der Waals surface area contributed by atoms with Crippen LogP contribution in [0.2, 0.25) is 10.0 Å². The highest BCUT2D eigenvalue weighted by atomic mass is 35.5. The van der Waals surface area contributed by atoms with Gasteiger partial charge in [0, 0.05) is 16.5 Å². The minimum Gasteiger partial charge on any atom is -0.286 e. The van der Waals surface area contributed by atoms with Gasteiger partial charge in [0.2, 0.25) is 0 Å². The van der Waals surface area contributed by atoms with Crippen molar-refractivity contribution < 1.29 is 13.0 Å². The lowest BCUT2D eigenvalue weighted by atomic mass is 10.0. The van der Waals surface area contributed by atoms with Gasteiger partial charge < -0.3 is 0 Å². The maximum Gasteiger partial charge on any atom is 0.261 e. The van der Waals surface area contributed by atoms with E-state index in [0.717, 1.165) is 5.56 Å². The van der Waals surface area contributed by atoms with E-state index >= 15 is 0 Å². The molecule has 0 spiro atoms. The van der Waals surface area contributed by atoms with E-state index in [2.05, 4.69) is 84.9 Å². The third-order valence-corrected chi connectivity index (χ3v) is 7.95. The lowest BCUT2D eigenvalue weighted by molar-refractivity contribution is 0.490. The molecule has 0 aliphatic rings. The molecule has 0 aromatic heterocycles. The molecule has 0 aliphatic carbocycles. The molecule has 0 aliphatic heterocycles. The quantitative estimate of drug-likeness (QED) is 0.267. The van der Waals surface area contributed by atoms with Crippen LogP contribution in [0, 0.1) is 0 Å². The number of rotatable bonds is 5. The zero-order chi connectivity index (χ0) is 23.8. The molecule has 4 rings (SSSR count). The van der Waals surface area contributed by atoms with Crippen LogP contribution in [0.3, 0.4) is 0 Å². The summed E-state index contributed by atoms with van der Waals surface area (Å²) in [5, 5.41) is 5.44. The van der Waals surface area contributed by atoms with Crippen LogP contribution in [-0.4, -0.2) is 19.2 Å². The lowest BCUT2D eigenvalue weighted by Crippen LogP contribution is -2.23. The molecule has 0 atom stereocenters. The predicted molar refractivity (Wildman–Crippen MR) is 142 cm³/mol. The molecule has 0 saturated heterocycles.